The molecule has 3 aliphatic heterocycles. The Morgan fingerprint density at radius 2 is 1.85 bits per heavy atom. The number of para-hydroxylation sites is 1. The minimum Gasteiger partial charge on any atom is -0.491 e. The molecule has 3 heterocycles. The number of anilines is 1. The third-order valence-corrected chi connectivity index (χ3v) is 7.59. The van der Waals surface area contributed by atoms with E-state index in [9.17, 15) is 9.18 Å². The predicted molar refractivity (Wildman–Crippen MR) is 119 cm³/mol. The van der Waals surface area contributed by atoms with E-state index in [1.54, 1.807) is 24.1 Å². The van der Waals surface area contributed by atoms with E-state index in [1.807, 2.05) is 30.3 Å². The van der Waals surface area contributed by atoms with E-state index in [2.05, 4.69) is 6.07 Å². The van der Waals surface area contributed by atoms with Crippen molar-refractivity contribution in [3.8, 4) is 11.5 Å². The van der Waals surface area contributed by atoms with Gasteiger partial charge in [0, 0.05) is 30.0 Å². The molecule has 0 aromatic heterocycles. The third-order valence-electron chi connectivity index (χ3n) is 7.59. The van der Waals surface area contributed by atoms with Crippen LogP contribution < -0.4 is 14.4 Å². The van der Waals surface area contributed by atoms with Gasteiger partial charge in [0.25, 0.3) is 0 Å². The molecule has 2 atom stereocenters. The molecule has 2 unspecified atom stereocenters. The number of halogens is 1. The van der Waals surface area contributed by atoms with E-state index >= 15 is 0 Å². The molecule has 1 saturated carbocycles. The van der Waals surface area contributed by atoms with Crippen LogP contribution in [0.15, 0.2) is 60.7 Å². The van der Waals surface area contributed by atoms with Crippen molar-refractivity contribution >= 4 is 11.6 Å². The maximum Gasteiger partial charge on any atom is 0.246 e. The Kier molecular flexibility index (Phi) is 3.68. The van der Waals surface area contributed by atoms with Gasteiger partial charge in [-0.05, 0) is 48.2 Å². The number of carbonyl (C=O) groups excluding carboxylic acids is 1. The van der Waals surface area contributed by atoms with Crippen LogP contribution in [0.4, 0.5) is 10.1 Å². The van der Waals surface area contributed by atoms with Crippen LogP contribution in [0.3, 0.4) is 0 Å². The summed E-state index contributed by atoms with van der Waals surface area (Å²) in [6, 6.07) is 18.2. The van der Waals surface area contributed by atoms with Crippen LogP contribution in [0.1, 0.15) is 41.2 Å². The second-order valence-electron chi connectivity index (χ2n) is 9.40. The number of benzene rings is 3. The zero-order valence-corrected chi connectivity index (χ0v) is 18.1. The molecule has 0 saturated heterocycles. The van der Waals surface area contributed by atoms with E-state index < -0.39 is 5.41 Å². The first-order chi connectivity index (χ1) is 16.1. The highest BCUT2D eigenvalue weighted by molar-refractivity contribution is 6.11. The largest absolute Gasteiger partial charge is 0.491 e. The van der Waals surface area contributed by atoms with Gasteiger partial charge in [-0.2, -0.15) is 0 Å². The van der Waals surface area contributed by atoms with Gasteiger partial charge in [-0.15, -0.1) is 0 Å². The Labute approximate surface area is 190 Å². The van der Waals surface area contributed by atoms with Crippen molar-refractivity contribution in [2.45, 2.75) is 36.5 Å². The van der Waals surface area contributed by atoms with Gasteiger partial charge in [-0.3, -0.25) is 4.79 Å². The van der Waals surface area contributed by atoms with Crippen LogP contribution in [0.5, 0.6) is 11.5 Å². The Hall–Kier alpha value is -3.38. The molecule has 0 radical (unpaired) electrons. The molecule has 166 valence electrons. The molecule has 4 aliphatic rings. The molecular formula is C27H22FNO4. The fourth-order valence-corrected chi connectivity index (χ4v) is 5.83. The average molecular weight is 443 g/mol. The van der Waals surface area contributed by atoms with Gasteiger partial charge in [0.05, 0.1) is 6.54 Å². The Balaban J connectivity index is 1.36. The minimum atomic E-state index is -0.918. The van der Waals surface area contributed by atoms with E-state index in [4.69, 9.17) is 14.2 Å². The maximum atomic E-state index is 14.1. The predicted octanol–water partition coefficient (Wildman–Crippen LogP) is 4.66. The topological polar surface area (TPSA) is 48.0 Å². The van der Waals surface area contributed by atoms with E-state index in [1.165, 1.54) is 12.1 Å². The van der Waals surface area contributed by atoms with Crippen LogP contribution in [-0.2, 0) is 21.5 Å². The summed E-state index contributed by atoms with van der Waals surface area (Å²) in [5, 5.41) is 0. The van der Waals surface area contributed by atoms with E-state index in [0.29, 0.717) is 12.3 Å². The first-order valence-corrected chi connectivity index (χ1v) is 11.2. The number of fused-ring (bicyclic) bond motifs is 5. The second-order valence-corrected chi connectivity index (χ2v) is 9.40. The number of methoxy groups -OCH3 is 1. The SMILES string of the molecule is COC1c2cc3c(cc2OC12CC2)OCC31C(=O)N(Cc2ccc(F)cc2)c2ccccc21. The van der Waals surface area contributed by atoms with Crippen molar-refractivity contribution in [2.75, 3.05) is 18.6 Å². The standard InChI is InChI=1S/C27H22FNO4/c1-31-24-18-12-20-23(13-22(18)33-26(24)10-11-26)32-15-27(20)19-4-2-3-5-21(19)29(25(27)30)14-16-6-8-17(28)9-7-16/h2-9,12-13,24H,10-11,14-15H2,1H3. The summed E-state index contributed by atoms with van der Waals surface area (Å²) in [5.74, 6) is 1.16. The van der Waals surface area contributed by atoms with Crippen molar-refractivity contribution in [3.05, 3.63) is 88.7 Å². The number of ether oxygens (including phenoxy) is 3. The van der Waals surface area contributed by atoms with Crippen molar-refractivity contribution < 1.29 is 23.4 Å². The van der Waals surface area contributed by atoms with Crippen LogP contribution in [-0.4, -0.2) is 25.2 Å². The molecule has 33 heavy (non-hydrogen) atoms. The number of rotatable bonds is 3. The van der Waals surface area contributed by atoms with Gasteiger partial charge in [0.1, 0.15) is 41.0 Å². The second kappa shape index (κ2) is 6.35. The summed E-state index contributed by atoms with van der Waals surface area (Å²) in [7, 11) is 1.71. The summed E-state index contributed by atoms with van der Waals surface area (Å²) in [4.78, 5) is 15.9. The summed E-state index contributed by atoms with van der Waals surface area (Å²) < 4.78 is 31.7. The molecule has 1 aliphatic carbocycles. The first kappa shape index (κ1) is 19.1. The van der Waals surface area contributed by atoms with Gasteiger partial charge in [0.2, 0.25) is 5.91 Å². The average Bonchev–Trinajstić information content (AvgIpc) is 3.31. The summed E-state index contributed by atoms with van der Waals surface area (Å²) in [6.45, 7) is 0.606. The van der Waals surface area contributed by atoms with Gasteiger partial charge >= 0.3 is 0 Å². The lowest BCUT2D eigenvalue weighted by atomic mass is 9.76. The van der Waals surface area contributed by atoms with Crippen molar-refractivity contribution in [1.82, 2.24) is 0 Å². The smallest absolute Gasteiger partial charge is 0.246 e. The summed E-state index contributed by atoms with van der Waals surface area (Å²) >= 11 is 0. The lowest BCUT2D eigenvalue weighted by Crippen LogP contribution is -2.42. The zero-order valence-electron chi connectivity index (χ0n) is 18.1. The third kappa shape index (κ3) is 2.42. The number of carbonyl (C=O) groups is 1. The van der Waals surface area contributed by atoms with Crippen molar-refractivity contribution in [3.63, 3.8) is 0 Å². The number of hydrogen-bond acceptors (Lipinski definition) is 4. The van der Waals surface area contributed by atoms with Crippen molar-refractivity contribution in [1.29, 1.82) is 0 Å². The lowest BCUT2D eigenvalue weighted by Gasteiger charge is -2.24. The molecule has 3 aromatic rings. The van der Waals surface area contributed by atoms with Gasteiger partial charge < -0.3 is 19.1 Å². The van der Waals surface area contributed by atoms with Crippen LogP contribution in [0.2, 0.25) is 0 Å². The van der Waals surface area contributed by atoms with E-state index in [-0.39, 0.29) is 30.0 Å². The minimum absolute atomic E-state index is 0.0271. The molecule has 6 heteroatoms. The fraction of sp³-hybridized carbons (Fsp3) is 0.296. The van der Waals surface area contributed by atoms with Crippen LogP contribution in [0.25, 0.3) is 0 Å². The Morgan fingerprint density at radius 1 is 1.06 bits per heavy atom. The fourth-order valence-electron chi connectivity index (χ4n) is 5.83. The van der Waals surface area contributed by atoms with Crippen LogP contribution >= 0.6 is 0 Å². The summed E-state index contributed by atoms with van der Waals surface area (Å²) in [5.41, 5.74) is 3.33. The maximum absolute atomic E-state index is 14.1. The Bertz CT molecular complexity index is 1320. The Morgan fingerprint density at radius 3 is 2.61 bits per heavy atom. The first-order valence-electron chi connectivity index (χ1n) is 11.2. The summed E-state index contributed by atoms with van der Waals surface area (Å²) in [6.07, 6.45) is 1.78. The van der Waals surface area contributed by atoms with Gasteiger partial charge in [-0.25, -0.2) is 4.39 Å². The van der Waals surface area contributed by atoms with Gasteiger partial charge in [-0.1, -0.05) is 30.3 Å². The highest BCUT2D eigenvalue weighted by Crippen LogP contribution is 2.61. The molecule has 5 nitrogen and oxygen atoms in total. The zero-order chi connectivity index (χ0) is 22.4. The number of nitrogens with zero attached hydrogens (tertiary/aromatic N) is 1. The molecular weight excluding hydrogens is 421 g/mol. The molecule has 7 rings (SSSR count). The molecule has 0 N–H and O–H groups in total. The molecule has 0 bridgehead atoms. The van der Waals surface area contributed by atoms with Crippen LogP contribution in [0, 0.1) is 5.82 Å². The molecule has 1 amide bonds. The normalized spacial score (nSPS) is 25.1. The van der Waals surface area contributed by atoms with Gasteiger partial charge in [0.15, 0.2) is 0 Å². The quantitative estimate of drug-likeness (QED) is 0.591. The molecule has 1 fully saturated rings. The highest BCUT2D eigenvalue weighted by atomic mass is 19.1. The molecule has 3 aromatic carbocycles. The lowest BCUT2D eigenvalue weighted by molar-refractivity contribution is -0.122. The number of hydrogen-bond donors (Lipinski definition) is 0. The van der Waals surface area contributed by atoms with E-state index in [0.717, 1.165) is 46.5 Å². The number of amides is 1. The highest BCUT2D eigenvalue weighted by Gasteiger charge is 2.61. The molecule has 2 spiro atoms. The van der Waals surface area contributed by atoms with Crippen molar-refractivity contribution in [2.24, 2.45) is 0 Å². The monoisotopic (exact) mass is 443 g/mol.